The molecule has 0 spiro atoms. The second kappa shape index (κ2) is 4.74. The molecule has 1 N–H and O–H groups in total. The van der Waals surface area contributed by atoms with Gasteiger partial charge in [0, 0.05) is 18.4 Å². The van der Waals surface area contributed by atoms with Crippen molar-refractivity contribution in [2.45, 2.75) is 39.5 Å². The molecule has 0 saturated carbocycles. The summed E-state index contributed by atoms with van der Waals surface area (Å²) in [5.41, 5.74) is 0.908. The molecule has 1 aliphatic heterocycles. The van der Waals surface area contributed by atoms with Gasteiger partial charge in [-0.15, -0.1) is 0 Å². The summed E-state index contributed by atoms with van der Waals surface area (Å²) in [6.45, 7) is 9.75. The van der Waals surface area contributed by atoms with Crippen molar-refractivity contribution in [1.29, 1.82) is 0 Å². The van der Waals surface area contributed by atoms with Crippen LogP contribution in [-0.4, -0.2) is 18.9 Å². The second-order valence-electron chi connectivity index (χ2n) is 4.51. The van der Waals surface area contributed by atoms with Crippen LogP contribution in [0.25, 0.3) is 0 Å². The predicted octanol–water partition coefficient (Wildman–Crippen LogP) is 2.30. The SMILES string of the molecule is C=C(C)CC(=O)C1(CCC)CCNC1. The van der Waals surface area contributed by atoms with E-state index in [1.807, 2.05) is 6.92 Å². The summed E-state index contributed by atoms with van der Waals surface area (Å²) in [7, 11) is 0. The quantitative estimate of drug-likeness (QED) is 0.682. The first kappa shape index (κ1) is 11.4. The zero-order valence-electron chi connectivity index (χ0n) is 9.36. The van der Waals surface area contributed by atoms with Crippen molar-refractivity contribution >= 4 is 5.78 Å². The summed E-state index contributed by atoms with van der Waals surface area (Å²) < 4.78 is 0. The molecule has 1 rings (SSSR count). The Bertz CT molecular complexity index is 226. The number of hydrogen-bond acceptors (Lipinski definition) is 2. The van der Waals surface area contributed by atoms with Gasteiger partial charge in [0.2, 0.25) is 0 Å². The van der Waals surface area contributed by atoms with Crippen LogP contribution in [0.5, 0.6) is 0 Å². The maximum absolute atomic E-state index is 12.1. The van der Waals surface area contributed by atoms with Crippen molar-refractivity contribution < 1.29 is 4.79 Å². The van der Waals surface area contributed by atoms with E-state index in [9.17, 15) is 4.79 Å². The summed E-state index contributed by atoms with van der Waals surface area (Å²) in [6.07, 6.45) is 3.67. The summed E-state index contributed by atoms with van der Waals surface area (Å²) in [5, 5.41) is 3.30. The minimum Gasteiger partial charge on any atom is -0.316 e. The van der Waals surface area contributed by atoms with Crippen molar-refractivity contribution in [2.75, 3.05) is 13.1 Å². The van der Waals surface area contributed by atoms with Crippen molar-refractivity contribution in [1.82, 2.24) is 5.32 Å². The van der Waals surface area contributed by atoms with E-state index >= 15 is 0 Å². The summed E-state index contributed by atoms with van der Waals surface area (Å²) in [6, 6.07) is 0. The Balaban J connectivity index is 2.66. The molecule has 0 aromatic rings. The van der Waals surface area contributed by atoms with Crippen LogP contribution in [0.1, 0.15) is 39.5 Å². The standard InChI is InChI=1S/C12H21NO/c1-4-5-12(6-7-13-9-12)11(14)8-10(2)3/h13H,2,4-9H2,1,3H3. The fourth-order valence-corrected chi connectivity index (χ4v) is 2.27. The molecule has 1 fully saturated rings. The van der Waals surface area contributed by atoms with Crippen LogP contribution in [0.2, 0.25) is 0 Å². The highest BCUT2D eigenvalue weighted by Gasteiger charge is 2.39. The monoisotopic (exact) mass is 195 g/mol. The number of allylic oxidation sites excluding steroid dienone is 1. The third-order valence-electron chi connectivity index (χ3n) is 3.03. The number of ketones is 1. The first-order chi connectivity index (χ1) is 6.60. The van der Waals surface area contributed by atoms with Crippen LogP contribution in [-0.2, 0) is 4.79 Å². The van der Waals surface area contributed by atoms with E-state index in [1.54, 1.807) is 0 Å². The highest BCUT2D eigenvalue weighted by atomic mass is 16.1. The molecule has 1 heterocycles. The molecule has 0 amide bonds. The van der Waals surface area contributed by atoms with Crippen LogP contribution in [0.4, 0.5) is 0 Å². The van der Waals surface area contributed by atoms with Gasteiger partial charge in [-0.1, -0.05) is 25.5 Å². The van der Waals surface area contributed by atoms with E-state index in [4.69, 9.17) is 0 Å². The molecule has 80 valence electrons. The van der Waals surface area contributed by atoms with Gasteiger partial charge in [-0.05, 0) is 26.3 Å². The number of carbonyl (C=O) groups is 1. The molecule has 1 saturated heterocycles. The molecule has 0 radical (unpaired) electrons. The number of hydrogen-bond donors (Lipinski definition) is 1. The van der Waals surface area contributed by atoms with Crippen LogP contribution >= 0.6 is 0 Å². The van der Waals surface area contributed by atoms with Crippen molar-refractivity contribution in [3.05, 3.63) is 12.2 Å². The van der Waals surface area contributed by atoms with E-state index in [1.165, 1.54) is 0 Å². The molecule has 1 aliphatic rings. The molecule has 2 heteroatoms. The summed E-state index contributed by atoms with van der Waals surface area (Å²) in [5.74, 6) is 0.386. The van der Waals surface area contributed by atoms with E-state index in [0.717, 1.165) is 37.9 Å². The summed E-state index contributed by atoms with van der Waals surface area (Å²) >= 11 is 0. The Morgan fingerprint density at radius 3 is 2.71 bits per heavy atom. The van der Waals surface area contributed by atoms with Gasteiger partial charge in [-0.3, -0.25) is 4.79 Å². The Kier molecular flexibility index (Phi) is 3.87. The minimum atomic E-state index is -0.0757. The maximum Gasteiger partial charge on any atom is 0.144 e. The number of Topliss-reactive ketones (excluding diaryl/α,β-unsaturated/α-hetero) is 1. The fourth-order valence-electron chi connectivity index (χ4n) is 2.27. The average molecular weight is 195 g/mol. The number of rotatable bonds is 5. The highest BCUT2D eigenvalue weighted by Crippen LogP contribution is 2.33. The van der Waals surface area contributed by atoms with Crippen LogP contribution in [0.3, 0.4) is 0 Å². The van der Waals surface area contributed by atoms with Gasteiger partial charge in [0.1, 0.15) is 5.78 Å². The van der Waals surface area contributed by atoms with E-state index in [-0.39, 0.29) is 5.41 Å². The lowest BCUT2D eigenvalue weighted by Gasteiger charge is -2.26. The van der Waals surface area contributed by atoms with Crippen molar-refractivity contribution in [3.8, 4) is 0 Å². The van der Waals surface area contributed by atoms with E-state index in [0.29, 0.717) is 12.2 Å². The van der Waals surface area contributed by atoms with E-state index in [2.05, 4.69) is 18.8 Å². The lowest BCUT2D eigenvalue weighted by atomic mass is 9.76. The molecule has 2 nitrogen and oxygen atoms in total. The Morgan fingerprint density at radius 2 is 2.29 bits per heavy atom. The van der Waals surface area contributed by atoms with E-state index < -0.39 is 0 Å². The van der Waals surface area contributed by atoms with Gasteiger partial charge in [-0.2, -0.15) is 0 Å². The fraction of sp³-hybridized carbons (Fsp3) is 0.750. The van der Waals surface area contributed by atoms with Gasteiger partial charge in [0.15, 0.2) is 0 Å². The van der Waals surface area contributed by atoms with Crippen molar-refractivity contribution in [2.24, 2.45) is 5.41 Å². The first-order valence-electron chi connectivity index (χ1n) is 5.49. The van der Waals surface area contributed by atoms with Gasteiger partial charge >= 0.3 is 0 Å². The average Bonchev–Trinajstić information content (AvgIpc) is 2.53. The molecular weight excluding hydrogens is 174 g/mol. The lowest BCUT2D eigenvalue weighted by Crippen LogP contribution is -2.33. The predicted molar refractivity (Wildman–Crippen MR) is 59.3 cm³/mol. The molecule has 1 atom stereocenters. The topological polar surface area (TPSA) is 29.1 Å². The van der Waals surface area contributed by atoms with Crippen LogP contribution in [0, 0.1) is 5.41 Å². The smallest absolute Gasteiger partial charge is 0.144 e. The second-order valence-corrected chi connectivity index (χ2v) is 4.51. The molecular formula is C12H21NO. The van der Waals surface area contributed by atoms with Gasteiger partial charge in [-0.25, -0.2) is 0 Å². The third-order valence-corrected chi connectivity index (χ3v) is 3.03. The molecule has 0 aromatic carbocycles. The Hall–Kier alpha value is -0.630. The number of nitrogens with one attached hydrogen (secondary N) is 1. The zero-order valence-corrected chi connectivity index (χ0v) is 9.36. The summed E-state index contributed by atoms with van der Waals surface area (Å²) in [4.78, 5) is 12.1. The molecule has 0 bridgehead atoms. The van der Waals surface area contributed by atoms with Crippen LogP contribution < -0.4 is 5.32 Å². The molecule has 0 aromatic heterocycles. The maximum atomic E-state index is 12.1. The van der Waals surface area contributed by atoms with Crippen LogP contribution in [0.15, 0.2) is 12.2 Å². The Morgan fingerprint density at radius 1 is 1.57 bits per heavy atom. The van der Waals surface area contributed by atoms with Gasteiger partial charge < -0.3 is 5.32 Å². The van der Waals surface area contributed by atoms with Gasteiger partial charge in [0.05, 0.1) is 0 Å². The lowest BCUT2D eigenvalue weighted by molar-refractivity contribution is -0.127. The first-order valence-corrected chi connectivity index (χ1v) is 5.49. The highest BCUT2D eigenvalue weighted by molar-refractivity contribution is 5.87. The third kappa shape index (κ3) is 2.44. The molecule has 0 aliphatic carbocycles. The normalized spacial score (nSPS) is 26.4. The largest absolute Gasteiger partial charge is 0.316 e. The number of carbonyl (C=O) groups excluding carboxylic acids is 1. The minimum absolute atomic E-state index is 0.0757. The molecule has 1 unspecified atom stereocenters. The van der Waals surface area contributed by atoms with Crippen molar-refractivity contribution in [3.63, 3.8) is 0 Å². The van der Waals surface area contributed by atoms with Gasteiger partial charge in [0.25, 0.3) is 0 Å². The zero-order chi connectivity index (χ0) is 10.6. The molecule has 14 heavy (non-hydrogen) atoms. The Labute approximate surface area is 86.8 Å².